The Morgan fingerprint density at radius 2 is 2.10 bits per heavy atom. The van der Waals surface area contributed by atoms with Crippen LogP contribution in [0.15, 0.2) is 18.3 Å². The first kappa shape index (κ1) is 7.05. The Morgan fingerprint density at radius 3 is 2.50 bits per heavy atom. The van der Waals surface area contributed by atoms with Crippen LogP contribution in [-0.2, 0) is 0 Å². The highest BCUT2D eigenvalue weighted by atomic mass is 16.4. The van der Waals surface area contributed by atoms with Crippen molar-refractivity contribution in [3.05, 3.63) is 18.3 Å². The van der Waals surface area contributed by atoms with Crippen LogP contribution in [0.1, 0.15) is 0 Å². The van der Waals surface area contributed by atoms with Crippen molar-refractivity contribution in [1.29, 1.82) is 0 Å². The molecule has 1 heterocycles. The summed E-state index contributed by atoms with van der Waals surface area (Å²) >= 11 is 0. The second kappa shape index (κ2) is 2.68. The minimum Gasteiger partial charge on any atom is -0.493 e. The third-order valence-electron chi connectivity index (χ3n) is 1.07. The van der Waals surface area contributed by atoms with Crippen LogP contribution in [0, 0.1) is 0 Å². The summed E-state index contributed by atoms with van der Waals surface area (Å²) in [5, 5.41) is 25.9. The summed E-state index contributed by atoms with van der Waals surface area (Å²) in [5.41, 5.74) is 0.229. The van der Waals surface area contributed by atoms with Crippen LogP contribution in [0.3, 0.4) is 0 Å². The van der Waals surface area contributed by atoms with Crippen LogP contribution in [0.25, 0.3) is 0 Å². The van der Waals surface area contributed by atoms with Crippen LogP contribution < -0.4 is 5.46 Å². The number of hydrogen-bond donors (Lipinski definition) is 3. The molecule has 0 saturated carbocycles. The highest BCUT2D eigenvalue weighted by Crippen LogP contribution is 1.96. The monoisotopic (exact) mass is 139 g/mol. The lowest BCUT2D eigenvalue weighted by Gasteiger charge is -1.96. The summed E-state index contributed by atoms with van der Waals surface area (Å²) in [6.45, 7) is 0. The summed E-state index contributed by atoms with van der Waals surface area (Å²) in [7, 11) is -1.55. The van der Waals surface area contributed by atoms with Crippen molar-refractivity contribution in [2.45, 2.75) is 0 Å². The first-order chi connectivity index (χ1) is 4.70. The van der Waals surface area contributed by atoms with Gasteiger partial charge in [-0.25, -0.2) is 4.98 Å². The SMILES string of the molecule is OB(O)c1ccnc(O)c1. The van der Waals surface area contributed by atoms with E-state index in [2.05, 4.69) is 4.98 Å². The van der Waals surface area contributed by atoms with E-state index >= 15 is 0 Å². The highest BCUT2D eigenvalue weighted by Gasteiger charge is 2.10. The summed E-state index contributed by atoms with van der Waals surface area (Å²) in [5.74, 6) is -0.217. The first-order valence-corrected chi connectivity index (χ1v) is 2.71. The second-order valence-corrected chi connectivity index (χ2v) is 1.82. The molecular formula is C5H6BNO3. The highest BCUT2D eigenvalue weighted by molar-refractivity contribution is 6.58. The fourth-order valence-electron chi connectivity index (χ4n) is 0.595. The molecule has 0 aliphatic rings. The lowest BCUT2D eigenvalue weighted by atomic mass is 9.81. The van der Waals surface area contributed by atoms with E-state index in [0.717, 1.165) is 0 Å². The van der Waals surface area contributed by atoms with Crippen LogP contribution >= 0.6 is 0 Å². The average Bonchev–Trinajstić information content (AvgIpc) is 1.88. The zero-order valence-corrected chi connectivity index (χ0v) is 5.10. The Hall–Kier alpha value is -1.07. The zero-order chi connectivity index (χ0) is 7.56. The van der Waals surface area contributed by atoms with Crippen molar-refractivity contribution in [3.63, 3.8) is 0 Å². The smallest absolute Gasteiger partial charge is 0.488 e. The van der Waals surface area contributed by atoms with E-state index in [1.807, 2.05) is 0 Å². The number of nitrogens with zero attached hydrogens (tertiary/aromatic N) is 1. The lowest BCUT2D eigenvalue weighted by molar-refractivity contribution is 0.423. The quantitative estimate of drug-likeness (QED) is 0.412. The van der Waals surface area contributed by atoms with Gasteiger partial charge in [-0.05, 0) is 17.6 Å². The number of aromatic nitrogens is 1. The van der Waals surface area contributed by atoms with Gasteiger partial charge < -0.3 is 15.2 Å². The molecule has 0 saturated heterocycles. The van der Waals surface area contributed by atoms with Crippen LogP contribution in [0.2, 0.25) is 0 Å². The van der Waals surface area contributed by atoms with Crippen LogP contribution in [0.4, 0.5) is 0 Å². The van der Waals surface area contributed by atoms with E-state index in [1.54, 1.807) is 0 Å². The Morgan fingerprint density at radius 1 is 1.40 bits per heavy atom. The topological polar surface area (TPSA) is 73.6 Å². The maximum absolute atomic E-state index is 8.73. The fourth-order valence-corrected chi connectivity index (χ4v) is 0.595. The van der Waals surface area contributed by atoms with Gasteiger partial charge in [0.2, 0.25) is 5.88 Å². The van der Waals surface area contributed by atoms with E-state index < -0.39 is 7.12 Å². The molecule has 1 aromatic heterocycles. The summed E-state index contributed by atoms with van der Waals surface area (Å²) in [6, 6.07) is 2.59. The maximum atomic E-state index is 8.73. The molecule has 0 atom stereocenters. The van der Waals surface area contributed by atoms with Gasteiger partial charge in [0.25, 0.3) is 0 Å². The van der Waals surface area contributed by atoms with E-state index in [0.29, 0.717) is 0 Å². The lowest BCUT2D eigenvalue weighted by Crippen LogP contribution is -2.29. The van der Waals surface area contributed by atoms with Gasteiger partial charge in [-0.15, -0.1) is 0 Å². The number of aromatic hydroxyl groups is 1. The van der Waals surface area contributed by atoms with Gasteiger partial charge in [0, 0.05) is 6.20 Å². The summed E-state index contributed by atoms with van der Waals surface area (Å²) in [6.07, 6.45) is 1.30. The molecule has 3 N–H and O–H groups in total. The minimum atomic E-state index is -1.55. The van der Waals surface area contributed by atoms with Crippen LogP contribution in [-0.4, -0.2) is 27.3 Å². The normalized spacial score (nSPS) is 9.40. The molecule has 0 spiro atoms. The van der Waals surface area contributed by atoms with Gasteiger partial charge in [-0.3, -0.25) is 0 Å². The average molecular weight is 139 g/mol. The standard InChI is InChI=1S/C5H6BNO3/c8-5-3-4(6(9)10)1-2-7-5/h1-3,9-10H,(H,7,8). The number of hydrogen-bond acceptors (Lipinski definition) is 4. The van der Waals surface area contributed by atoms with Crippen LogP contribution in [0.5, 0.6) is 5.88 Å². The molecule has 0 fully saturated rings. The molecule has 0 amide bonds. The number of rotatable bonds is 1. The molecule has 1 aromatic rings. The van der Waals surface area contributed by atoms with Gasteiger partial charge in [0.05, 0.1) is 0 Å². The van der Waals surface area contributed by atoms with Crippen molar-refractivity contribution >= 4 is 12.6 Å². The molecule has 0 aromatic carbocycles. The minimum absolute atomic E-state index is 0.217. The van der Waals surface area contributed by atoms with Gasteiger partial charge in [0.1, 0.15) is 0 Å². The van der Waals surface area contributed by atoms with Gasteiger partial charge >= 0.3 is 7.12 Å². The molecule has 0 aliphatic carbocycles. The Bertz CT molecular complexity index is 228. The molecule has 0 bridgehead atoms. The van der Waals surface area contributed by atoms with Gasteiger partial charge in [-0.1, -0.05) is 0 Å². The van der Waals surface area contributed by atoms with E-state index in [9.17, 15) is 0 Å². The Balaban J connectivity index is 2.96. The van der Waals surface area contributed by atoms with Crippen molar-refractivity contribution in [1.82, 2.24) is 4.98 Å². The Labute approximate surface area is 57.9 Å². The zero-order valence-electron chi connectivity index (χ0n) is 5.10. The molecular weight excluding hydrogens is 133 g/mol. The van der Waals surface area contributed by atoms with E-state index in [-0.39, 0.29) is 11.3 Å². The van der Waals surface area contributed by atoms with Gasteiger partial charge in [0.15, 0.2) is 0 Å². The molecule has 5 heteroatoms. The van der Waals surface area contributed by atoms with Crippen molar-refractivity contribution < 1.29 is 15.2 Å². The maximum Gasteiger partial charge on any atom is 0.488 e. The van der Waals surface area contributed by atoms with Crippen molar-refractivity contribution in [2.24, 2.45) is 0 Å². The molecule has 0 aliphatic heterocycles. The fraction of sp³-hybridized carbons (Fsp3) is 0. The predicted octanol–water partition coefficient (Wildman–Crippen LogP) is -1.53. The molecule has 10 heavy (non-hydrogen) atoms. The molecule has 0 unspecified atom stereocenters. The third kappa shape index (κ3) is 1.46. The molecule has 52 valence electrons. The summed E-state index contributed by atoms with van der Waals surface area (Å²) < 4.78 is 0. The molecule has 0 radical (unpaired) electrons. The van der Waals surface area contributed by atoms with E-state index in [4.69, 9.17) is 15.2 Å². The predicted molar refractivity (Wildman–Crippen MR) is 35.7 cm³/mol. The second-order valence-electron chi connectivity index (χ2n) is 1.82. The number of pyridine rings is 1. The van der Waals surface area contributed by atoms with Crippen molar-refractivity contribution in [3.8, 4) is 5.88 Å². The first-order valence-electron chi connectivity index (χ1n) is 2.71. The summed E-state index contributed by atoms with van der Waals surface area (Å²) in [4.78, 5) is 3.46. The largest absolute Gasteiger partial charge is 0.493 e. The Kier molecular flexibility index (Phi) is 1.89. The molecule has 1 rings (SSSR count). The van der Waals surface area contributed by atoms with E-state index in [1.165, 1.54) is 18.3 Å². The van der Waals surface area contributed by atoms with Crippen molar-refractivity contribution in [2.75, 3.05) is 0 Å². The molecule has 4 nitrogen and oxygen atoms in total. The third-order valence-corrected chi connectivity index (χ3v) is 1.07. The van der Waals surface area contributed by atoms with Gasteiger partial charge in [-0.2, -0.15) is 0 Å².